The molecule has 0 unspecified atom stereocenters. The molecule has 38 heavy (non-hydrogen) atoms. The Hall–Kier alpha value is -5.30. The first-order valence-corrected chi connectivity index (χ1v) is 12.4. The van der Waals surface area contributed by atoms with Gasteiger partial charge in [0, 0.05) is 52.3 Å². The minimum Gasteiger partial charge on any atom is -0.439 e. The first-order valence-electron chi connectivity index (χ1n) is 12.4. The lowest BCUT2D eigenvalue weighted by Crippen LogP contribution is -1.97. The van der Waals surface area contributed by atoms with Crippen LogP contribution in [-0.2, 0) is 0 Å². The van der Waals surface area contributed by atoms with Crippen LogP contribution in [0.15, 0.2) is 104 Å². The van der Waals surface area contributed by atoms with Gasteiger partial charge in [-0.25, -0.2) is 14.5 Å². The molecule has 0 aliphatic heterocycles. The van der Waals surface area contributed by atoms with Crippen molar-refractivity contribution >= 4 is 49.1 Å². The van der Waals surface area contributed by atoms with Crippen molar-refractivity contribution in [3.63, 3.8) is 0 Å². The van der Waals surface area contributed by atoms with Crippen molar-refractivity contribution in [2.75, 3.05) is 0 Å². The van der Waals surface area contributed by atoms with Crippen molar-refractivity contribution in [1.29, 1.82) is 0 Å². The highest BCUT2D eigenvalue weighted by Gasteiger charge is 2.16. The molecule has 0 amide bonds. The number of aromatic nitrogens is 6. The Labute approximate surface area is 216 Å². The number of ether oxygens (including phenoxy) is 1. The molecule has 6 aromatic heterocycles. The van der Waals surface area contributed by atoms with Crippen LogP contribution >= 0.6 is 0 Å². The third-order valence-electron chi connectivity index (χ3n) is 7.01. The predicted octanol–water partition coefficient (Wildman–Crippen LogP) is 7.02. The van der Waals surface area contributed by atoms with E-state index in [4.69, 9.17) is 14.8 Å². The normalized spacial score (nSPS) is 11.8. The van der Waals surface area contributed by atoms with Crippen LogP contribution in [0, 0.1) is 6.92 Å². The molecule has 6 heterocycles. The van der Waals surface area contributed by atoms with Crippen molar-refractivity contribution in [3.8, 4) is 17.4 Å². The number of rotatable bonds is 3. The average molecular weight is 493 g/mol. The van der Waals surface area contributed by atoms with E-state index in [1.165, 1.54) is 5.39 Å². The number of benzene rings is 2. The van der Waals surface area contributed by atoms with Gasteiger partial charge in [0.1, 0.15) is 17.1 Å². The molecule has 0 saturated carbocycles. The van der Waals surface area contributed by atoms with E-state index in [0.29, 0.717) is 11.6 Å². The van der Waals surface area contributed by atoms with Crippen LogP contribution < -0.4 is 4.74 Å². The fourth-order valence-corrected chi connectivity index (χ4v) is 5.41. The number of fused-ring (bicyclic) bond motifs is 9. The van der Waals surface area contributed by atoms with Crippen molar-refractivity contribution in [2.24, 2.45) is 0 Å². The summed E-state index contributed by atoms with van der Waals surface area (Å²) >= 11 is 0. The molecule has 0 atom stereocenters. The van der Waals surface area contributed by atoms with Crippen LogP contribution in [0.4, 0.5) is 0 Å². The molecule has 8 aromatic rings. The van der Waals surface area contributed by atoms with E-state index >= 15 is 0 Å². The molecule has 180 valence electrons. The third-order valence-corrected chi connectivity index (χ3v) is 7.01. The molecule has 8 rings (SSSR count). The first-order chi connectivity index (χ1) is 18.7. The maximum absolute atomic E-state index is 6.36. The fraction of sp³-hybridized carbons (Fsp3) is 0.0323. The number of hydrogen-bond acceptors (Lipinski definition) is 5. The van der Waals surface area contributed by atoms with E-state index in [-0.39, 0.29) is 0 Å². The third kappa shape index (κ3) is 3.02. The monoisotopic (exact) mass is 492 g/mol. The summed E-state index contributed by atoms with van der Waals surface area (Å²) in [5, 5.41) is 9.02. The zero-order valence-corrected chi connectivity index (χ0v) is 20.4. The maximum Gasteiger partial charge on any atom is 0.219 e. The van der Waals surface area contributed by atoms with E-state index in [0.717, 1.165) is 55.3 Å². The van der Waals surface area contributed by atoms with Crippen molar-refractivity contribution in [2.45, 2.75) is 6.92 Å². The Morgan fingerprint density at radius 3 is 2.47 bits per heavy atom. The van der Waals surface area contributed by atoms with Gasteiger partial charge in [-0.1, -0.05) is 24.3 Å². The molecule has 0 saturated heterocycles. The van der Waals surface area contributed by atoms with E-state index in [1.54, 1.807) is 6.20 Å². The Morgan fingerprint density at radius 1 is 0.684 bits per heavy atom. The molecule has 0 radical (unpaired) electrons. The van der Waals surface area contributed by atoms with Gasteiger partial charge in [-0.3, -0.25) is 9.55 Å². The molecule has 0 N–H and O–H groups in total. The highest BCUT2D eigenvalue weighted by atomic mass is 16.5. The largest absolute Gasteiger partial charge is 0.439 e. The van der Waals surface area contributed by atoms with Gasteiger partial charge in [0.2, 0.25) is 5.88 Å². The van der Waals surface area contributed by atoms with Gasteiger partial charge in [0.15, 0.2) is 0 Å². The van der Waals surface area contributed by atoms with Gasteiger partial charge < -0.3 is 4.74 Å². The van der Waals surface area contributed by atoms with Crippen molar-refractivity contribution in [1.82, 2.24) is 29.1 Å². The second-order valence-corrected chi connectivity index (χ2v) is 9.34. The van der Waals surface area contributed by atoms with Crippen LogP contribution in [0.1, 0.15) is 5.69 Å². The molecular weight excluding hydrogens is 472 g/mol. The lowest BCUT2D eigenvalue weighted by Gasteiger charge is -2.10. The second kappa shape index (κ2) is 7.85. The Bertz CT molecular complexity index is 2180. The van der Waals surface area contributed by atoms with E-state index in [1.807, 2.05) is 66.3 Å². The number of hydrogen-bond donors (Lipinski definition) is 0. The lowest BCUT2D eigenvalue weighted by molar-refractivity contribution is 0.466. The second-order valence-electron chi connectivity index (χ2n) is 9.34. The molecular formula is C31H20N6O. The molecule has 0 bridgehead atoms. The van der Waals surface area contributed by atoms with Gasteiger partial charge in [-0.05, 0) is 55.5 Å². The first kappa shape index (κ1) is 20.8. The van der Waals surface area contributed by atoms with E-state index in [9.17, 15) is 0 Å². The smallest absolute Gasteiger partial charge is 0.219 e. The predicted molar refractivity (Wildman–Crippen MR) is 149 cm³/mol. The highest BCUT2D eigenvalue weighted by molar-refractivity contribution is 6.11. The van der Waals surface area contributed by atoms with Crippen LogP contribution in [0.25, 0.3) is 54.9 Å². The summed E-state index contributed by atoms with van der Waals surface area (Å²) < 4.78 is 10.5. The van der Waals surface area contributed by atoms with Crippen LogP contribution in [0.3, 0.4) is 0 Å². The van der Waals surface area contributed by atoms with Gasteiger partial charge in [-0.2, -0.15) is 5.10 Å². The summed E-state index contributed by atoms with van der Waals surface area (Å²) in [4.78, 5) is 13.9. The van der Waals surface area contributed by atoms with Gasteiger partial charge in [0.05, 0.1) is 27.8 Å². The number of para-hydroxylation sites is 1. The van der Waals surface area contributed by atoms with Crippen LogP contribution in [-0.4, -0.2) is 29.1 Å². The molecule has 0 spiro atoms. The van der Waals surface area contributed by atoms with Gasteiger partial charge >= 0.3 is 0 Å². The Morgan fingerprint density at radius 2 is 1.55 bits per heavy atom. The summed E-state index contributed by atoms with van der Waals surface area (Å²) in [6.07, 6.45) is 5.46. The highest BCUT2D eigenvalue weighted by Crippen LogP contribution is 2.35. The zero-order chi connectivity index (χ0) is 25.2. The average Bonchev–Trinajstić information content (AvgIpc) is 3.51. The van der Waals surface area contributed by atoms with E-state index in [2.05, 4.69) is 57.0 Å². The van der Waals surface area contributed by atoms with Crippen LogP contribution in [0.5, 0.6) is 11.6 Å². The van der Waals surface area contributed by atoms with Crippen molar-refractivity contribution < 1.29 is 4.74 Å². The van der Waals surface area contributed by atoms with Crippen molar-refractivity contribution in [3.05, 3.63) is 109 Å². The van der Waals surface area contributed by atoms with Gasteiger partial charge in [0.25, 0.3) is 0 Å². The molecule has 7 nitrogen and oxygen atoms in total. The Balaban J connectivity index is 1.31. The standard InChI is InChI=1S/C31H20N6O/c1-19-16-28-31-23(24-18-32-15-13-26(24)37(28)35-19)11-12-30(34-31)38-20-9-10-22-21-6-2-3-7-25(21)36(27(22)17-20)29-8-4-5-14-33-29/h2-18H,1H3. The zero-order valence-electron chi connectivity index (χ0n) is 20.4. The molecule has 0 fully saturated rings. The minimum absolute atomic E-state index is 0.515. The number of nitrogens with zero attached hydrogens (tertiary/aromatic N) is 6. The van der Waals surface area contributed by atoms with Gasteiger partial charge in [-0.15, -0.1) is 0 Å². The SMILES string of the molecule is Cc1cc2c3nc(Oc4ccc5c6ccccc6n(-c6ccccn6)c5c4)ccc3c3cnccc3n2n1. The topological polar surface area (TPSA) is 70.1 Å². The van der Waals surface area contributed by atoms with Crippen LogP contribution in [0.2, 0.25) is 0 Å². The van der Waals surface area contributed by atoms with E-state index < -0.39 is 0 Å². The fourth-order valence-electron chi connectivity index (χ4n) is 5.41. The summed E-state index contributed by atoms with van der Waals surface area (Å²) in [6, 6.07) is 28.5. The number of pyridine rings is 4. The summed E-state index contributed by atoms with van der Waals surface area (Å²) in [6.45, 7) is 1.99. The molecule has 2 aromatic carbocycles. The summed E-state index contributed by atoms with van der Waals surface area (Å²) in [7, 11) is 0. The lowest BCUT2D eigenvalue weighted by atomic mass is 10.1. The summed E-state index contributed by atoms with van der Waals surface area (Å²) in [5.41, 5.74) is 5.81. The quantitative estimate of drug-likeness (QED) is 0.248. The number of aryl methyl sites for hydroxylation is 1. The molecule has 0 aliphatic carbocycles. The molecule has 7 heteroatoms. The molecule has 0 aliphatic rings. The Kier molecular flexibility index (Phi) is 4.31. The minimum atomic E-state index is 0.515. The summed E-state index contributed by atoms with van der Waals surface area (Å²) in [5.74, 6) is 2.08. The maximum atomic E-state index is 6.36.